The molecule has 0 amide bonds. The Morgan fingerprint density at radius 3 is 2.75 bits per heavy atom. The van der Waals surface area contributed by atoms with E-state index in [9.17, 15) is 9.46 Å². The van der Waals surface area contributed by atoms with E-state index in [1.54, 1.807) is 18.0 Å². The fourth-order valence-electron chi connectivity index (χ4n) is 2.35. The molecule has 2 atom stereocenters. The second kappa shape index (κ2) is 10.8. The molecular weight excluding hydrogens is 389 g/mol. The summed E-state index contributed by atoms with van der Waals surface area (Å²) in [5.41, 5.74) is 6.84. The van der Waals surface area contributed by atoms with Gasteiger partial charge < -0.3 is 33.9 Å². The molecule has 0 bridgehead atoms. The zero-order valence-electron chi connectivity index (χ0n) is 16.4. The van der Waals surface area contributed by atoms with Crippen molar-refractivity contribution in [3.05, 3.63) is 12.7 Å². The van der Waals surface area contributed by atoms with Crippen molar-refractivity contribution >= 4 is 24.6 Å². The van der Waals surface area contributed by atoms with Gasteiger partial charge in [0.25, 0.3) is 0 Å². The van der Waals surface area contributed by atoms with Gasteiger partial charge in [-0.3, -0.25) is 4.57 Å². The lowest BCUT2D eigenvalue weighted by Gasteiger charge is -2.21. The third-order valence-corrected chi connectivity index (χ3v) is 4.77. The second-order valence-electron chi connectivity index (χ2n) is 6.44. The molecule has 0 saturated carbocycles. The fraction of sp³-hybridized carbons (Fsp3) is 0.688. The van der Waals surface area contributed by atoms with E-state index in [0.29, 0.717) is 30.7 Å². The summed E-state index contributed by atoms with van der Waals surface area (Å²) in [5.74, 6) is 0.281. The normalized spacial score (nSPS) is 15.2. The Hall–Kier alpha value is -1.62. The van der Waals surface area contributed by atoms with Crippen molar-refractivity contribution in [2.75, 3.05) is 39.0 Å². The van der Waals surface area contributed by atoms with Gasteiger partial charge in [-0.2, -0.15) is 0 Å². The van der Waals surface area contributed by atoms with E-state index in [4.69, 9.17) is 24.5 Å². The van der Waals surface area contributed by atoms with Crippen LogP contribution in [-0.2, 0) is 29.8 Å². The summed E-state index contributed by atoms with van der Waals surface area (Å²) in [6.07, 6.45) is 2.46. The Morgan fingerprint density at radius 2 is 2.04 bits per heavy atom. The van der Waals surface area contributed by atoms with Crippen LogP contribution in [0.15, 0.2) is 12.7 Å². The molecule has 2 heterocycles. The van der Waals surface area contributed by atoms with Crippen molar-refractivity contribution in [2.45, 2.75) is 39.0 Å². The van der Waals surface area contributed by atoms with Crippen molar-refractivity contribution < 1.29 is 28.2 Å². The number of hydrogen-bond acceptors (Lipinski definition) is 9. The molecule has 0 aliphatic carbocycles. The van der Waals surface area contributed by atoms with Gasteiger partial charge in [-0.15, -0.1) is 0 Å². The first-order chi connectivity index (χ1) is 13.3. The number of ether oxygens (including phenoxy) is 3. The topological polar surface area (TPSA) is 144 Å². The highest BCUT2D eigenvalue weighted by atomic mass is 31.2. The first-order valence-electron chi connectivity index (χ1n) is 8.92. The Morgan fingerprint density at radius 1 is 1.25 bits per heavy atom. The number of nitrogens with two attached hydrogens (primary N) is 1. The lowest BCUT2D eigenvalue weighted by molar-refractivity contribution is -0.0320. The van der Waals surface area contributed by atoms with Crippen LogP contribution in [0.1, 0.15) is 20.3 Å². The van der Waals surface area contributed by atoms with E-state index >= 15 is 0 Å². The maximum atomic E-state index is 12.1. The number of anilines is 1. The predicted octanol–water partition coefficient (Wildman–Crippen LogP) is 1.41. The summed E-state index contributed by atoms with van der Waals surface area (Å²) >= 11 is 0. The molecule has 0 aliphatic heterocycles. The van der Waals surface area contributed by atoms with E-state index < -0.39 is 20.0 Å². The Bertz CT molecular complexity index is 786. The van der Waals surface area contributed by atoms with Gasteiger partial charge in [0.2, 0.25) is 0 Å². The van der Waals surface area contributed by atoms with Crippen molar-refractivity contribution in [3.8, 4) is 0 Å². The smallest absolute Gasteiger partial charge is 0.353 e. The van der Waals surface area contributed by atoms with Gasteiger partial charge in [0.05, 0.1) is 38.3 Å². The monoisotopic (exact) mass is 417 g/mol. The van der Waals surface area contributed by atoms with Crippen LogP contribution in [0.5, 0.6) is 0 Å². The molecule has 0 radical (unpaired) electrons. The van der Waals surface area contributed by atoms with Crippen LogP contribution < -0.4 is 5.73 Å². The van der Waals surface area contributed by atoms with Gasteiger partial charge in [0, 0.05) is 13.7 Å². The molecule has 2 aromatic rings. The van der Waals surface area contributed by atoms with E-state index in [1.807, 2.05) is 13.8 Å². The average Bonchev–Trinajstić information content (AvgIpc) is 3.05. The number of nitrogens with zero attached hydrogens (tertiary/aromatic N) is 4. The van der Waals surface area contributed by atoms with Gasteiger partial charge in [-0.25, -0.2) is 15.0 Å². The van der Waals surface area contributed by atoms with Gasteiger partial charge in [0.1, 0.15) is 18.2 Å². The maximum Gasteiger partial charge on any atom is 0.353 e. The molecule has 11 nitrogen and oxygen atoms in total. The van der Waals surface area contributed by atoms with E-state index in [-0.39, 0.29) is 25.1 Å². The fourth-order valence-corrected chi connectivity index (χ4v) is 3.24. The molecule has 0 aliphatic rings. The Kier molecular flexibility index (Phi) is 8.74. The summed E-state index contributed by atoms with van der Waals surface area (Å²) in [6, 6.07) is 0. The second-order valence-corrected chi connectivity index (χ2v) is 8.24. The maximum absolute atomic E-state index is 12.1. The minimum Gasteiger partial charge on any atom is -0.385 e. The molecule has 2 aromatic heterocycles. The summed E-state index contributed by atoms with van der Waals surface area (Å²) in [5, 5.41) is 0. The molecule has 2 unspecified atom stereocenters. The van der Waals surface area contributed by atoms with Crippen LogP contribution in [0.3, 0.4) is 0 Å². The van der Waals surface area contributed by atoms with Crippen LogP contribution in [0.25, 0.3) is 11.2 Å². The molecular formula is C16H28N5O6P. The van der Waals surface area contributed by atoms with Crippen LogP contribution in [0.4, 0.5) is 5.82 Å². The zero-order chi connectivity index (χ0) is 20.6. The van der Waals surface area contributed by atoms with Gasteiger partial charge >= 0.3 is 7.60 Å². The summed E-state index contributed by atoms with van der Waals surface area (Å²) in [4.78, 5) is 22.3. The third kappa shape index (κ3) is 7.08. The number of aromatic nitrogens is 4. The first kappa shape index (κ1) is 22.7. The minimum atomic E-state index is -3.88. The first-order valence-corrected chi connectivity index (χ1v) is 10.7. The average molecular weight is 417 g/mol. The Labute approximate surface area is 163 Å². The minimum absolute atomic E-state index is 0.0187. The SMILES string of the molecule is COCCCOP(=O)(O)COC(COC(C)C)Cn1cnc2c(N)ncnc21. The highest BCUT2D eigenvalue weighted by Gasteiger charge is 2.24. The summed E-state index contributed by atoms with van der Waals surface area (Å²) in [6.45, 7) is 4.89. The largest absolute Gasteiger partial charge is 0.385 e. The van der Waals surface area contributed by atoms with Gasteiger partial charge in [0.15, 0.2) is 11.5 Å². The lowest BCUT2D eigenvalue weighted by Crippen LogP contribution is -2.27. The number of nitrogen functional groups attached to an aromatic ring is 1. The van der Waals surface area contributed by atoms with Crippen molar-refractivity contribution in [1.29, 1.82) is 0 Å². The molecule has 0 aromatic carbocycles. The van der Waals surface area contributed by atoms with Gasteiger partial charge in [-0.05, 0) is 20.3 Å². The van der Waals surface area contributed by atoms with Gasteiger partial charge in [-0.1, -0.05) is 0 Å². The van der Waals surface area contributed by atoms with E-state index in [2.05, 4.69) is 15.0 Å². The van der Waals surface area contributed by atoms with Crippen molar-refractivity contribution in [2.24, 2.45) is 0 Å². The molecule has 2 rings (SSSR count). The zero-order valence-corrected chi connectivity index (χ0v) is 17.2. The Balaban J connectivity index is 2.00. The van der Waals surface area contributed by atoms with E-state index in [0.717, 1.165) is 0 Å². The summed E-state index contributed by atoms with van der Waals surface area (Å²) < 4.78 is 35.1. The summed E-state index contributed by atoms with van der Waals surface area (Å²) in [7, 11) is -2.33. The standard InChI is InChI=1S/C16H28N5O6P/c1-12(2)25-8-13(26-11-28(22,23)27-6-4-5-24-3)7-21-10-20-14-15(17)18-9-19-16(14)21/h9-10,12-13H,4-8,11H2,1-3H3,(H,22,23)(H2,17,18,19). The highest BCUT2D eigenvalue weighted by molar-refractivity contribution is 7.52. The molecule has 12 heteroatoms. The predicted molar refractivity (Wildman–Crippen MR) is 103 cm³/mol. The highest BCUT2D eigenvalue weighted by Crippen LogP contribution is 2.42. The number of fused-ring (bicyclic) bond motifs is 1. The number of methoxy groups -OCH3 is 1. The van der Waals surface area contributed by atoms with Crippen LogP contribution in [-0.4, -0.2) is 69.9 Å². The van der Waals surface area contributed by atoms with Crippen molar-refractivity contribution in [1.82, 2.24) is 19.5 Å². The number of rotatable bonds is 13. The molecule has 28 heavy (non-hydrogen) atoms. The molecule has 0 saturated heterocycles. The number of hydrogen-bond donors (Lipinski definition) is 2. The molecule has 158 valence electrons. The molecule has 3 N–H and O–H groups in total. The van der Waals surface area contributed by atoms with Crippen LogP contribution in [0, 0.1) is 0 Å². The van der Waals surface area contributed by atoms with Crippen molar-refractivity contribution in [3.63, 3.8) is 0 Å². The molecule has 0 spiro atoms. The number of imidazole rings is 1. The lowest BCUT2D eigenvalue weighted by atomic mass is 10.3. The quantitative estimate of drug-likeness (QED) is 0.362. The van der Waals surface area contributed by atoms with E-state index in [1.165, 1.54) is 6.33 Å². The van der Waals surface area contributed by atoms with Crippen LogP contribution >= 0.6 is 7.60 Å². The van der Waals surface area contributed by atoms with Crippen LogP contribution in [0.2, 0.25) is 0 Å². The molecule has 0 fully saturated rings. The third-order valence-electron chi connectivity index (χ3n) is 3.70.